The number of rotatable bonds is 9. The van der Waals surface area contributed by atoms with Crippen LogP contribution in [0.4, 0.5) is 0 Å². The number of benzene rings is 1. The van der Waals surface area contributed by atoms with E-state index in [1.54, 1.807) is 49.8 Å². The van der Waals surface area contributed by atoms with Crippen LogP contribution in [-0.4, -0.2) is 59.6 Å². The Hall–Kier alpha value is -2.95. The molecule has 34 heavy (non-hydrogen) atoms. The van der Waals surface area contributed by atoms with Crippen molar-refractivity contribution in [2.45, 2.75) is 70.2 Å². The Kier molecular flexibility index (Phi) is 10.7. The van der Waals surface area contributed by atoms with Crippen LogP contribution in [0.25, 0.3) is 0 Å². The van der Waals surface area contributed by atoms with Crippen LogP contribution >= 0.6 is 0 Å². The molecular formula is C25H35N3O5Si. The average molecular weight is 486 g/mol. The number of carbonyl (C=O) groups excluding carboxylic acids is 2. The molecule has 0 aliphatic rings. The number of aliphatic imine (C=N–C) groups is 1. The second-order valence-corrected chi connectivity index (χ2v) is 14.1. The first-order valence-electron chi connectivity index (χ1n) is 11.0. The molecule has 1 atom stereocenters. The quantitative estimate of drug-likeness (QED) is 0.120. The summed E-state index contributed by atoms with van der Waals surface area (Å²) in [4.78, 5) is 40.0. The van der Waals surface area contributed by atoms with Crippen molar-refractivity contribution < 1.29 is 24.7 Å². The summed E-state index contributed by atoms with van der Waals surface area (Å²) in [7, 11) is -2.34. The van der Waals surface area contributed by atoms with Crippen molar-refractivity contribution in [2.75, 3.05) is 6.61 Å². The van der Waals surface area contributed by atoms with Crippen molar-refractivity contribution >= 4 is 26.3 Å². The Morgan fingerprint density at radius 1 is 1.15 bits per heavy atom. The monoisotopic (exact) mass is 485 g/mol. The molecule has 0 fully saturated rings. The highest BCUT2D eigenvalue weighted by molar-refractivity contribution is 6.72. The third-order valence-electron chi connectivity index (χ3n) is 5.92. The van der Waals surface area contributed by atoms with Crippen LogP contribution in [0.5, 0.6) is 0 Å². The summed E-state index contributed by atoms with van der Waals surface area (Å²) in [5.41, 5.74) is 1.49. The molecule has 1 aromatic carbocycles. The average Bonchev–Trinajstić information content (AvgIpc) is 2.77. The third kappa shape index (κ3) is 8.77. The molecule has 1 rings (SSSR count). The van der Waals surface area contributed by atoms with Crippen molar-refractivity contribution in [3.8, 4) is 23.7 Å². The summed E-state index contributed by atoms with van der Waals surface area (Å²) >= 11 is 0. The van der Waals surface area contributed by atoms with Gasteiger partial charge in [0, 0.05) is 11.1 Å². The molecule has 0 saturated heterocycles. The van der Waals surface area contributed by atoms with Gasteiger partial charge < -0.3 is 15.2 Å². The number of hydrogen-bond donors (Lipinski definition) is 5. The van der Waals surface area contributed by atoms with Crippen molar-refractivity contribution in [1.82, 2.24) is 10.8 Å². The van der Waals surface area contributed by atoms with E-state index >= 15 is 0 Å². The van der Waals surface area contributed by atoms with E-state index in [1.165, 1.54) is 0 Å². The Morgan fingerprint density at radius 3 is 2.29 bits per heavy atom. The molecule has 0 aliphatic carbocycles. The van der Waals surface area contributed by atoms with Gasteiger partial charge in [-0.15, -0.1) is 0 Å². The van der Waals surface area contributed by atoms with Gasteiger partial charge in [0.05, 0.1) is 5.54 Å². The van der Waals surface area contributed by atoms with E-state index in [1.807, 2.05) is 26.9 Å². The minimum absolute atomic E-state index is 0.207. The van der Waals surface area contributed by atoms with Crippen LogP contribution in [0.1, 0.15) is 56.5 Å². The van der Waals surface area contributed by atoms with Crippen molar-refractivity contribution in [2.24, 2.45) is 4.99 Å². The maximum absolute atomic E-state index is 12.8. The Bertz CT molecular complexity index is 1000. The molecule has 0 bridgehead atoms. The molecule has 9 heteroatoms. The van der Waals surface area contributed by atoms with Crippen molar-refractivity contribution in [3.63, 3.8) is 0 Å². The molecule has 0 aliphatic heterocycles. The molecule has 0 heterocycles. The molecule has 1 aromatic rings. The number of aliphatic hydroxyl groups excluding tert-OH is 1. The van der Waals surface area contributed by atoms with Gasteiger partial charge in [-0.05, 0) is 87.1 Å². The fraction of sp³-hybridized carbons (Fsp3) is 0.480. The van der Waals surface area contributed by atoms with Crippen molar-refractivity contribution in [3.05, 3.63) is 35.4 Å². The normalized spacial score (nSPS) is 12.7. The summed E-state index contributed by atoms with van der Waals surface area (Å²) < 4.78 is 0. The van der Waals surface area contributed by atoms with Crippen LogP contribution in [-0.2, 0) is 4.79 Å². The topological polar surface area (TPSA) is 131 Å². The van der Waals surface area contributed by atoms with Crippen molar-refractivity contribution in [1.29, 1.82) is 0 Å². The van der Waals surface area contributed by atoms with Crippen LogP contribution in [0, 0.1) is 23.7 Å². The SMILES string of the molecule is CC(C)(N=CCCC(C)(C)[Si](C)(C)O)[C@H](NC(=O)c1ccc(C#CC#CCO)cc1)C(=O)NO. The van der Waals surface area contributed by atoms with E-state index in [2.05, 4.69) is 34.0 Å². The summed E-state index contributed by atoms with van der Waals surface area (Å²) in [6.07, 6.45) is 3.02. The first kappa shape index (κ1) is 29.1. The lowest BCUT2D eigenvalue weighted by Crippen LogP contribution is -2.56. The zero-order valence-electron chi connectivity index (χ0n) is 20.7. The number of nitrogens with one attached hydrogen (secondary N) is 2. The first-order valence-corrected chi connectivity index (χ1v) is 13.9. The van der Waals surface area contributed by atoms with E-state index < -0.39 is 31.7 Å². The van der Waals surface area contributed by atoms with Crippen LogP contribution < -0.4 is 10.8 Å². The van der Waals surface area contributed by atoms with Gasteiger partial charge in [-0.25, -0.2) is 5.48 Å². The van der Waals surface area contributed by atoms with E-state index in [0.717, 1.165) is 6.42 Å². The number of hydroxylamine groups is 1. The molecule has 0 radical (unpaired) electrons. The Morgan fingerprint density at radius 2 is 1.76 bits per heavy atom. The molecule has 2 amide bonds. The lowest BCUT2D eigenvalue weighted by molar-refractivity contribution is -0.132. The summed E-state index contributed by atoms with van der Waals surface area (Å²) in [6, 6.07) is 5.27. The maximum Gasteiger partial charge on any atom is 0.268 e. The van der Waals surface area contributed by atoms with Gasteiger partial charge in [0.2, 0.25) is 0 Å². The minimum atomic E-state index is -2.34. The summed E-state index contributed by atoms with van der Waals surface area (Å²) in [6.45, 7) is 11.0. The molecule has 0 saturated carbocycles. The molecule has 0 aromatic heterocycles. The predicted octanol–water partition coefficient (Wildman–Crippen LogP) is 2.24. The van der Waals surface area contributed by atoms with Gasteiger partial charge in [0.15, 0.2) is 8.32 Å². The first-order chi connectivity index (χ1) is 15.7. The third-order valence-corrected chi connectivity index (χ3v) is 9.48. The number of hydrogen-bond acceptors (Lipinski definition) is 6. The summed E-state index contributed by atoms with van der Waals surface area (Å²) in [5, 5.41) is 20.3. The lowest BCUT2D eigenvalue weighted by Gasteiger charge is -2.35. The smallest absolute Gasteiger partial charge is 0.268 e. The van der Waals surface area contributed by atoms with Gasteiger partial charge >= 0.3 is 0 Å². The number of carbonyl (C=O) groups is 2. The second-order valence-electron chi connectivity index (χ2n) is 9.62. The molecule has 184 valence electrons. The van der Waals surface area contributed by atoms with Gasteiger partial charge in [0.1, 0.15) is 12.6 Å². The lowest BCUT2D eigenvalue weighted by atomic mass is 9.94. The van der Waals surface area contributed by atoms with E-state index in [0.29, 0.717) is 17.5 Å². The minimum Gasteiger partial charge on any atom is -0.432 e. The van der Waals surface area contributed by atoms with E-state index in [9.17, 15) is 19.6 Å². The molecular weight excluding hydrogens is 450 g/mol. The van der Waals surface area contributed by atoms with Crippen LogP contribution in [0.3, 0.4) is 0 Å². The second kappa shape index (κ2) is 12.5. The van der Waals surface area contributed by atoms with E-state index in [4.69, 9.17) is 5.11 Å². The van der Waals surface area contributed by atoms with Gasteiger partial charge in [-0.1, -0.05) is 25.7 Å². The Balaban J connectivity index is 2.94. The van der Waals surface area contributed by atoms with Gasteiger partial charge in [-0.2, -0.15) is 0 Å². The van der Waals surface area contributed by atoms with Crippen LogP contribution in [0.15, 0.2) is 29.3 Å². The fourth-order valence-electron chi connectivity index (χ4n) is 2.84. The van der Waals surface area contributed by atoms with E-state index in [-0.39, 0.29) is 11.6 Å². The highest BCUT2D eigenvalue weighted by Gasteiger charge is 2.38. The molecule has 0 unspecified atom stereocenters. The number of amides is 2. The fourth-order valence-corrected chi connectivity index (χ4v) is 3.60. The predicted molar refractivity (Wildman–Crippen MR) is 135 cm³/mol. The number of nitrogens with zero attached hydrogens (tertiary/aromatic N) is 1. The van der Waals surface area contributed by atoms with Crippen LogP contribution in [0.2, 0.25) is 18.1 Å². The van der Waals surface area contributed by atoms with Gasteiger partial charge in [-0.3, -0.25) is 19.8 Å². The highest BCUT2D eigenvalue weighted by Crippen LogP contribution is 2.39. The molecule has 0 spiro atoms. The largest absolute Gasteiger partial charge is 0.432 e. The van der Waals surface area contributed by atoms with Gasteiger partial charge in [0.25, 0.3) is 11.8 Å². The Labute approximate surface area is 203 Å². The maximum atomic E-state index is 12.8. The zero-order chi connectivity index (χ0) is 26.0. The number of aliphatic hydroxyl groups is 1. The highest BCUT2D eigenvalue weighted by atomic mass is 28.4. The molecule has 8 nitrogen and oxygen atoms in total. The zero-order valence-corrected chi connectivity index (χ0v) is 21.7. The molecule has 5 N–H and O–H groups in total. The standard InChI is InChI=1S/C25H35N3O5Si/c1-24(2,34(5,6)33)16-10-17-26-25(3,4)21(23(31)28-32)27-22(30)20-14-12-19(13-15-20)11-8-7-9-18-29/h12-15,17,21,29,32-33H,10,16,18H2,1-6H3,(H,27,30)(H,28,31)/t21-/m1/s1. The summed E-state index contributed by atoms with van der Waals surface area (Å²) in [5.74, 6) is 8.99.